The molecule has 6 heteroatoms. The van der Waals surface area contributed by atoms with Crippen LogP contribution >= 0.6 is 28.1 Å². The van der Waals surface area contributed by atoms with Crippen molar-refractivity contribution in [2.75, 3.05) is 0 Å². The Morgan fingerprint density at radius 3 is 3.00 bits per heavy atom. The Morgan fingerprint density at radius 2 is 2.38 bits per heavy atom. The Hall–Kier alpha value is -1.01. The van der Waals surface area contributed by atoms with Crippen molar-refractivity contribution in [3.8, 4) is 11.5 Å². The van der Waals surface area contributed by atoms with Crippen LogP contribution in [0.4, 0.5) is 0 Å². The topological polar surface area (TPSA) is 54.7 Å². The van der Waals surface area contributed by atoms with Gasteiger partial charge in [0.15, 0.2) is 5.82 Å². The van der Waals surface area contributed by atoms with E-state index in [1.165, 1.54) is 0 Å². The van der Waals surface area contributed by atoms with Crippen LogP contribution in [0.2, 0.25) is 0 Å². The van der Waals surface area contributed by atoms with Gasteiger partial charge < -0.3 is 4.52 Å². The maximum absolute atomic E-state index is 4.79. The summed E-state index contributed by atoms with van der Waals surface area (Å²) in [5.74, 6) is 0.525. The lowest BCUT2D eigenvalue weighted by atomic mass is 10.3. The van der Waals surface area contributed by atoms with Gasteiger partial charge in [-0.15, -0.1) is 0 Å². The molecule has 13 heavy (non-hydrogen) atoms. The molecule has 66 valence electrons. The molecule has 0 spiro atoms. The van der Waals surface area contributed by atoms with E-state index >= 15 is 0 Å². The Balaban J connectivity index is 2.58. The number of H-pyrrole nitrogens is 1. The third-order valence-electron chi connectivity index (χ3n) is 1.42. The summed E-state index contributed by atoms with van der Waals surface area (Å²) in [7, 11) is 0. The second kappa shape index (κ2) is 3.39. The zero-order valence-corrected chi connectivity index (χ0v) is 8.72. The fourth-order valence-corrected chi connectivity index (χ4v) is 1.47. The van der Waals surface area contributed by atoms with E-state index in [1.54, 1.807) is 6.20 Å². The Morgan fingerprint density at radius 1 is 1.54 bits per heavy atom. The van der Waals surface area contributed by atoms with Gasteiger partial charge in [0.2, 0.25) is 0 Å². The quantitative estimate of drug-likeness (QED) is 0.798. The number of hydrogen-bond donors (Lipinski definition) is 1. The SMILES string of the molecule is S=c1nc(-c2ncccc2Br)[nH]o1. The first-order chi connectivity index (χ1) is 6.27. The van der Waals surface area contributed by atoms with E-state index < -0.39 is 0 Å². The van der Waals surface area contributed by atoms with Crippen molar-refractivity contribution in [2.24, 2.45) is 0 Å². The Bertz CT molecular complexity index is 478. The van der Waals surface area contributed by atoms with E-state index in [0.717, 1.165) is 4.47 Å². The van der Waals surface area contributed by atoms with Crippen LogP contribution in [-0.4, -0.2) is 15.1 Å². The van der Waals surface area contributed by atoms with Gasteiger partial charge in [0.1, 0.15) is 5.69 Å². The summed E-state index contributed by atoms with van der Waals surface area (Å²) in [6, 6.07) is 3.69. The molecule has 0 aliphatic rings. The maximum Gasteiger partial charge on any atom is 0.314 e. The summed E-state index contributed by atoms with van der Waals surface area (Å²) in [6.07, 6.45) is 1.67. The maximum atomic E-state index is 4.79. The fraction of sp³-hybridized carbons (Fsp3) is 0. The molecule has 0 amide bonds. The van der Waals surface area contributed by atoms with E-state index in [4.69, 9.17) is 16.7 Å². The van der Waals surface area contributed by atoms with E-state index in [1.807, 2.05) is 12.1 Å². The average Bonchev–Trinajstić information content (AvgIpc) is 2.53. The minimum atomic E-state index is 0.174. The Kier molecular flexibility index (Phi) is 2.24. The highest BCUT2D eigenvalue weighted by Crippen LogP contribution is 2.21. The molecular weight excluding hydrogens is 254 g/mol. The van der Waals surface area contributed by atoms with Crippen molar-refractivity contribution < 1.29 is 4.52 Å². The smallest absolute Gasteiger partial charge is 0.314 e. The molecule has 0 atom stereocenters. The van der Waals surface area contributed by atoms with Crippen LogP contribution in [0.25, 0.3) is 11.5 Å². The summed E-state index contributed by atoms with van der Waals surface area (Å²) in [6.45, 7) is 0. The predicted molar refractivity (Wildman–Crippen MR) is 52.6 cm³/mol. The summed E-state index contributed by atoms with van der Waals surface area (Å²) in [4.78, 5) is 8.23. The summed E-state index contributed by atoms with van der Waals surface area (Å²) in [5.41, 5.74) is 0.683. The highest BCUT2D eigenvalue weighted by atomic mass is 79.9. The molecule has 0 saturated carbocycles. The molecule has 0 aromatic carbocycles. The van der Waals surface area contributed by atoms with Gasteiger partial charge in [0.25, 0.3) is 0 Å². The summed E-state index contributed by atoms with van der Waals surface area (Å²) >= 11 is 8.07. The molecule has 2 rings (SSSR count). The van der Waals surface area contributed by atoms with Crippen LogP contribution in [0.5, 0.6) is 0 Å². The van der Waals surface area contributed by atoms with Gasteiger partial charge in [-0.25, -0.2) is 0 Å². The van der Waals surface area contributed by atoms with Crippen molar-refractivity contribution in [1.82, 2.24) is 15.1 Å². The lowest BCUT2D eigenvalue weighted by Gasteiger charge is -1.95. The molecular formula is C7H4BrN3OS. The van der Waals surface area contributed by atoms with E-state index in [0.29, 0.717) is 11.5 Å². The van der Waals surface area contributed by atoms with Gasteiger partial charge in [0.05, 0.1) is 0 Å². The van der Waals surface area contributed by atoms with Crippen molar-refractivity contribution in [3.63, 3.8) is 0 Å². The van der Waals surface area contributed by atoms with Crippen LogP contribution < -0.4 is 0 Å². The third kappa shape index (κ3) is 1.68. The number of hydrogen-bond acceptors (Lipinski definition) is 4. The molecule has 0 radical (unpaired) electrons. The van der Waals surface area contributed by atoms with Gasteiger partial charge in [0, 0.05) is 10.7 Å². The molecule has 0 unspecified atom stereocenters. The molecule has 2 aromatic heterocycles. The lowest BCUT2D eigenvalue weighted by Crippen LogP contribution is -1.85. The zero-order chi connectivity index (χ0) is 9.26. The molecule has 0 aliphatic carbocycles. The standard InChI is InChI=1S/C7H4BrN3OS/c8-4-2-1-3-9-5(4)6-10-7(13)12-11-6/h1-3H,(H,10,11,13). The molecule has 2 heterocycles. The minimum Gasteiger partial charge on any atom is -0.348 e. The molecule has 4 nitrogen and oxygen atoms in total. The van der Waals surface area contributed by atoms with Crippen LogP contribution in [0.3, 0.4) is 0 Å². The van der Waals surface area contributed by atoms with Gasteiger partial charge in [-0.3, -0.25) is 4.98 Å². The second-order valence-electron chi connectivity index (χ2n) is 2.26. The number of rotatable bonds is 1. The van der Waals surface area contributed by atoms with Gasteiger partial charge in [-0.05, 0) is 40.3 Å². The molecule has 0 bridgehead atoms. The fourth-order valence-electron chi connectivity index (χ4n) is 0.890. The van der Waals surface area contributed by atoms with Crippen molar-refractivity contribution in [3.05, 3.63) is 27.6 Å². The number of nitrogens with zero attached hydrogens (tertiary/aromatic N) is 2. The number of pyridine rings is 1. The lowest BCUT2D eigenvalue weighted by molar-refractivity contribution is 0.406. The normalized spacial score (nSPS) is 10.2. The number of aromatic amines is 1. The highest BCUT2D eigenvalue weighted by Gasteiger charge is 2.07. The summed E-state index contributed by atoms with van der Waals surface area (Å²) < 4.78 is 5.63. The van der Waals surface area contributed by atoms with Gasteiger partial charge >= 0.3 is 4.84 Å². The molecule has 0 saturated heterocycles. The minimum absolute atomic E-state index is 0.174. The number of aromatic nitrogens is 3. The van der Waals surface area contributed by atoms with Crippen molar-refractivity contribution >= 4 is 28.1 Å². The highest BCUT2D eigenvalue weighted by molar-refractivity contribution is 9.10. The van der Waals surface area contributed by atoms with Crippen LogP contribution in [0.15, 0.2) is 27.3 Å². The largest absolute Gasteiger partial charge is 0.348 e. The zero-order valence-electron chi connectivity index (χ0n) is 6.32. The van der Waals surface area contributed by atoms with Gasteiger partial charge in [-0.2, -0.15) is 10.1 Å². The second-order valence-corrected chi connectivity index (χ2v) is 3.47. The van der Waals surface area contributed by atoms with Gasteiger partial charge in [-0.1, -0.05) is 0 Å². The molecule has 1 N–H and O–H groups in total. The molecule has 2 aromatic rings. The van der Waals surface area contributed by atoms with Crippen LogP contribution in [0, 0.1) is 4.84 Å². The number of halogens is 1. The summed E-state index contributed by atoms with van der Waals surface area (Å²) in [5, 5.41) is 2.58. The van der Waals surface area contributed by atoms with Crippen LogP contribution in [-0.2, 0) is 0 Å². The van der Waals surface area contributed by atoms with Crippen molar-refractivity contribution in [2.45, 2.75) is 0 Å². The van der Waals surface area contributed by atoms with Crippen LogP contribution in [0.1, 0.15) is 0 Å². The van der Waals surface area contributed by atoms with E-state index in [9.17, 15) is 0 Å². The van der Waals surface area contributed by atoms with Crippen molar-refractivity contribution in [1.29, 1.82) is 0 Å². The average molecular weight is 258 g/mol. The monoisotopic (exact) mass is 257 g/mol. The predicted octanol–water partition coefficient (Wildman–Crippen LogP) is 2.56. The van der Waals surface area contributed by atoms with E-state index in [-0.39, 0.29) is 4.84 Å². The Labute approximate surface area is 87.1 Å². The first-order valence-electron chi connectivity index (χ1n) is 3.44. The first kappa shape index (κ1) is 8.58. The number of nitrogens with one attached hydrogen (secondary N) is 1. The third-order valence-corrected chi connectivity index (χ3v) is 2.24. The van der Waals surface area contributed by atoms with E-state index in [2.05, 4.69) is 31.1 Å². The molecule has 0 fully saturated rings. The first-order valence-corrected chi connectivity index (χ1v) is 4.64. The molecule has 0 aliphatic heterocycles.